The molecule has 1 aromatic heterocycles. The van der Waals surface area contributed by atoms with Crippen LogP contribution in [0, 0.1) is 5.92 Å². The summed E-state index contributed by atoms with van der Waals surface area (Å²) in [4.78, 5) is 4.26. The van der Waals surface area contributed by atoms with Gasteiger partial charge in [0.25, 0.3) is 0 Å². The van der Waals surface area contributed by atoms with E-state index >= 15 is 0 Å². The molecule has 5 nitrogen and oxygen atoms in total. The van der Waals surface area contributed by atoms with Crippen LogP contribution in [-0.2, 0) is 19.7 Å². The van der Waals surface area contributed by atoms with Gasteiger partial charge in [0.1, 0.15) is 18.7 Å². The number of halogens is 1. The zero-order valence-corrected chi connectivity index (χ0v) is 13.4. The van der Waals surface area contributed by atoms with Crippen molar-refractivity contribution in [3.63, 3.8) is 0 Å². The smallest absolute Gasteiger partial charge is 0.164 e. The molecule has 1 aromatic carbocycles. The van der Waals surface area contributed by atoms with E-state index in [4.69, 9.17) is 16.3 Å². The zero-order chi connectivity index (χ0) is 15.2. The van der Waals surface area contributed by atoms with E-state index in [-0.39, 0.29) is 0 Å². The molecule has 1 N–H and O–H groups in total. The summed E-state index contributed by atoms with van der Waals surface area (Å²) in [6, 6.07) is 5.74. The SMILES string of the molecule is CNCc1cccc(Cl)c1OCc1ncnn1CC(C)C. The van der Waals surface area contributed by atoms with E-state index in [0.29, 0.717) is 29.8 Å². The Labute approximate surface area is 130 Å². The first-order valence-corrected chi connectivity index (χ1v) is 7.41. The van der Waals surface area contributed by atoms with Gasteiger partial charge in [0.05, 0.1) is 5.02 Å². The van der Waals surface area contributed by atoms with Gasteiger partial charge in [-0.05, 0) is 19.0 Å². The molecule has 0 fully saturated rings. The molecular formula is C15H21ClN4O. The summed E-state index contributed by atoms with van der Waals surface area (Å²) in [6.07, 6.45) is 1.56. The van der Waals surface area contributed by atoms with Crippen molar-refractivity contribution in [2.75, 3.05) is 7.05 Å². The molecule has 0 saturated carbocycles. The summed E-state index contributed by atoms with van der Waals surface area (Å²) in [5.74, 6) is 2.01. The quantitative estimate of drug-likeness (QED) is 0.854. The molecule has 0 spiro atoms. The van der Waals surface area contributed by atoms with Crippen LogP contribution in [0.15, 0.2) is 24.5 Å². The maximum atomic E-state index is 6.23. The van der Waals surface area contributed by atoms with Gasteiger partial charge in [0, 0.05) is 18.7 Å². The van der Waals surface area contributed by atoms with Gasteiger partial charge in [0.2, 0.25) is 0 Å². The molecule has 6 heteroatoms. The second kappa shape index (κ2) is 7.43. The molecule has 0 saturated heterocycles. The summed E-state index contributed by atoms with van der Waals surface area (Å²) in [5, 5.41) is 7.95. The third-order valence-corrected chi connectivity index (χ3v) is 3.29. The Morgan fingerprint density at radius 2 is 2.19 bits per heavy atom. The molecule has 0 bridgehead atoms. The monoisotopic (exact) mass is 308 g/mol. The van der Waals surface area contributed by atoms with Crippen molar-refractivity contribution in [3.8, 4) is 5.75 Å². The van der Waals surface area contributed by atoms with Crippen LogP contribution in [0.3, 0.4) is 0 Å². The molecule has 0 unspecified atom stereocenters. The van der Waals surface area contributed by atoms with E-state index in [9.17, 15) is 0 Å². The fourth-order valence-electron chi connectivity index (χ4n) is 2.08. The number of ether oxygens (including phenoxy) is 1. The molecule has 2 rings (SSSR count). The van der Waals surface area contributed by atoms with Crippen molar-refractivity contribution in [2.24, 2.45) is 5.92 Å². The van der Waals surface area contributed by atoms with Gasteiger partial charge in [-0.1, -0.05) is 37.6 Å². The highest BCUT2D eigenvalue weighted by atomic mass is 35.5. The lowest BCUT2D eigenvalue weighted by molar-refractivity contribution is 0.279. The first-order valence-electron chi connectivity index (χ1n) is 7.03. The summed E-state index contributed by atoms with van der Waals surface area (Å²) in [7, 11) is 1.89. The Morgan fingerprint density at radius 1 is 1.38 bits per heavy atom. The molecule has 0 aliphatic carbocycles. The molecule has 0 atom stereocenters. The van der Waals surface area contributed by atoms with Crippen LogP contribution < -0.4 is 10.1 Å². The van der Waals surface area contributed by atoms with Crippen LogP contribution in [0.4, 0.5) is 0 Å². The van der Waals surface area contributed by atoms with Crippen LogP contribution in [0.1, 0.15) is 25.2 Å². The van der Waals surface area contributed by atoms with E-state index in [1.165, 1.54) is 0 Å². The molecule has 0 amide bonds. The van der Waals surface area contributed by atoms with Crippen molar-refractivity contribution in [3.05, 3.63) is 40.9 Å². The van der Waals surface area contributed by atoms with Crippen LogP contribution >= 0.6 is 11.6 Å². The van der Waals surface area contributed by atoms with Gasteiger partial charge < -0.3 is 10.1 Å². The molecule has 0 radical (unpaired) electrons. The van der Waals surface area contributed by atoms with Gasteiger partial charge >= 0.3 is 0 Å². The minimum atomic E-state index is 0.354. The number of nitrogens with one attached hydrogen (secondary N) is 1. The van der Waals surface area contributed by atoms with Crippen molar-refractivity contribution >= 4 is 11.6 Å². The number of para-hydroxylation sites is 1. The van der Waals surface area contributed by atoms with E-state index in [0.717, 1.165) is 17.9 Å². The fraction of sp³-hybridized carbons (Fsp3) is 0.467. The molecule has 2 aromatic rings. The molecule has 114 valence electrons. The number of aromatic nitrogens is 3. The van der Waals surface area contributed by atoms with Crippen molar-refractivity contribution in [1.82, 2.24) is 20.1 Å². The predicted octanol–water partition coefficient (Wildman–Crippen LogP) is 2.89. The molecular weight excluding hydrogens is 288 g/mol. The van der Waals surface area contributed by atoms with Gasteiger partial charge in [-0.15, -0.1) is 0 Å². The van der Waals surface area contributed by atoms with Crippen LogP contribution in [0.5, 0.6) is 5.75 Å². The minimum Gasteiger partial charge on any atom is -0.484 e. The third kappa shape index (κ3) is 4.19. The van der Waals surface area contributed by atoms with Crippen LogP contribution in [0.2, 0.25) is 5.02 Å². The number of rotatable bonds is 7. The van der Waals surface area contributed by atoms with Crippen molar-refractivity contribution in [1.29, 1.82) is 0 Å². The molecule has 21 heavy (non-hydrogen) atoms. The molecule has 0 aliphatic rings. The van der Waals surface area contributed by atoms with Crippen LogP contribution in [0.25, 0.3) is 0 Å². The maximum Gasteiger partial charge on any atom is 0.164 e. The lowest BCUT2D eigenvalue weighted by Gasteiger charge is -2.14. The Balaban J connectivity index is 2.11. The zero-order valence-electron chi connectivity index (χ0n) is 12.6. The topological polar surface area (TPSA) is 52.0 Å². The highest BCUT2D eigenvalue weighted by molar-refractivity contribution is 6.32. The number of benzene rings is 1. The van der Waals surface area contributed by atoms with Gasteiger partial charge in [-0.2, -0.15) is 5.10 Å². The summed E-state index contributed by atoms with van der Waals surface area (Å²) >= 11 is 6.23. The largest absolute Gasteiger partial charge is 0.484 e. The molecule has 1 heterocycles. The lowest BCUT2D eigenvalue weighted by Crippen LogP contribution is -2.13. The number of hydrogen-bond donors (Lipinski definition) is 1. The van der Waals surface area contributed by atoms with E-state index in [1.807, 2.05) is 29.9 Å². The second-order valence-corrected chi connectivity index (χ2v) is 5.71. The Morgan fingerprint density at radius 3 is 2.90 bits per heavy atom. The van der Waals surface area contributed by atoms with Gasteiger partial charge in [-0.25, -0.2) is 9.67 Å². The Kier molecular flexibility index (Phi) is 5.59. The number of nitrogens with zero attached hydrogens (tertiary/aromatic N) is 3. The summed E-state index contributed by atoms with van der Waals surface area (Å²) < 4.78 is 7.77. The average Bonchev–Trinajstić information content (AvgIpc) is 2.85. The third-order valence-electron chi connectivity index (χ3n) is 3.00. The highest BCUT2D eigenvalue weighted by Gasteiger charge is 2.11. The first-order chi connectivity index (χ1) is 10.1. The Hall–Kier alpha value is -1.59. The Bertz CT molecular complexity index is 583. The number of hydrogen-bond acceptors (Lipinski definition) is 4. The second-order valence-electron chi connectivity index (χ2n) is 5.30. The normalized spacial score (nSPS) is 11.1. The average molecular weight is 309 g/mol. The lowest BCUT2D eigenvalue weighted by atomic mass is 10.2. The highest BCUT2D eigenvalue weighted by Crippen LogP contribution is 2.29. The minimum absolute atomic E-state index is 0.354. The van der Waals surface area contributed by atoms with E-state index in [1.54, 1.807) is 6.33 Å². The van der Waals surface area contributed by atoms with Crippen molar-refractivity contribution in [2.45, 2.75) is 33.5 Å². The maximum absolute atomic E-state index is 6.23. The van der Waals surface area contributed by atoms with Gasteiger partial charge in [-0.3, -0.25) is 0 Å². The van der Waals surface area contributed by atoms with Gasteiger partial charge in [0.15, 0.2) is 5.82 Å². The standard InChI is InChI=1S/C15H21ClN4O/c1-11(2)8-20-14(18-10-19-20)9-21-15-12(7-17-3)5-4-6-13(15)16/h4-6,10-11,17H,7-9H2,1-3H3. The van der Waals surface area contributed by atoms with E-state index in [2.05, 4.69) is 29.2 Å². The predicted molar refractivity (Wildman–Crippen MR) is 83.4 cm³/mol. The van der Waals surface area contributed by atoms with Crippen LogP contribution in [-0.4, -0.2) is 21.8 Å². The van der Waals surface area contributed by atoms with Crippen molar-refractivity contribution < 1.29 is 4.74 Å². The first kappa shape index (κ1) is 15.8. The fourth-order valence-corrected chi connectivity index (χ4v) is 2.33. The molecule has 0 aliphatic heterocycles. The summed E-state index contributed by atoms with van der Waals surface area (Å²) in [5.41, 5.74) is 1.03. The summed E-state index contributed by atoms with van der Waals surface area (Å²) in [6.45, 7) is 6.17. The van der Waals surface area contributed by atoms with E-state index < -0.39 is 0 Å².